The highest BCUT2D eigenvalue weighted by molar-refractivity contribution is 5.78. The number of nitrogens with zero attached hydrogens (tertiary/aromatic N) is 1. The normalized spacial score (nSPS) is 31.5. The number of hydrazine groups is 1. The van der Waals surface area contributed by atoms with E-state index in [4.69, 9.17) is 4.74 Å². The number of hydrogen-bond donors (Lipinski definition) is 2. The van der Waals surface area contributed by atoms with E-state index in [0.717, 1.165) is 25.1 Å². The van der Waals surface area contributed by atoms with E-state index in [2.05, 4.69) is 24.7 Å². The average Bonchev–Trinajstić information content (AvgIpc) is 3.12. The van der Waals surface area contributed by atoms with Crippen LogP contribution in [0.1, 0.15) is 26.7 Å². The molecule has 0 aliphatic carbocycles. The Morgan fingerprint density at radius 1 is 1.23 bits per heavy atom. The first-order chi connectivity index (χ1) is 10.7. The number of likely N-dealkylation sites (tertiary alicyclic amines) is 1. The van der Waals surface area contributed by atoms with Crippen LogP contribution in [0.25, 0.3) is 0 Å². The maximum absolute atomic E-state index is 12.6. The van der Waals surface area contributed by atoms with Gasteiger partial charge in [-0.05, 0) is 38.8 Å². The molecule has 2 saturated heterocycles. The van der Waals surface area contributed by atoms with E-state index in [1.54, 1.807) is 0 Å². The fourth-order valence-corrected chi connectivity index (χ4v) is 3.80. The second-order valence-corrected chi connectivity index (χ2v) is 6.34. The highest BCUT2D eigenvalue weighted by Gasteiger charge is 2.42. The molecule has 2 aliphatic rings. The minimum Gasteiger partial charge on any atom is -0.484 e. The fourth-order valence-electron chi connectivity index (χ4n) is 3.80. The molecule has 3 rings (SSSR count). The smallest absolute Gasteiger partial charge is 0.260 e. The maximum Gasteiger partial charge on any atom is 0.260 e. The van der Waals surface area contributed by atoms with Gasteiger partial charge in [0.1, 0.15) is 5.75 Å². The number of benzene rings is 1. The van der Waals surface area contributed by atoms with Crippen molar-refractivity contribution in [2.75, 3.05) is 13.2 Å². The summed E-state index contributed by atoms with van der Waals surface area (Å²) in [4.78, 5) is 14.6. The Morgan fingerprint density at radius 3 is 2.59 bits per heavy atom. The van der Waals surface area contributed by atoms with E-state index in [1.165, 1.54) is 0 Å². The summed E-state index contributed by atoms with van der Waals surface area (Å²) in [6, 6.07) is 10.6. The van der Waals surface area contributed by atoms with Crippen LogP contribution in [0.3, 0.4) is 0 Å². The summed E-state index contributed by atoms with van der Waals surface area (Å²) in [5, 5.41) is 0. The summed E-state index contributed by atoms with van der Waals surface area (Å²) in [5.74, 6) is 1.29. The van der Waals surface area contributed by atoms with E-state index >= 15 is 0 Å². The summed E-state index contributed by atoms with van der Waals surface area (Å²) in [6.45, 7) is 5.33. The second-order valence-electron chi connectivity index (χ2n) is 6.34. The van der Waals surface area contributed by atoms with Gasteiger partial charge in [-0.15, -0.1) is 0 Å². The summed E-state index contributed by atoms with van der Waals surface area (Å²) >= 11 is 0. The van der Waals surface area contributed by atoms with E-state index in [-0.39, 0.29) is 12.5 Å². The van der Waals surface area contributed by atoms with E-state index in [1.807, 2.05) is 35.2 Å². The first-order valence-electron chi connectivity index (χ1n) is 8.15. The zero-order valence-electron chi connectivity index (χ0n) is 13.3. The largest absolute Gasteiger partial charge is 0.484 e. The molecule has 3 atom stereocenters. The van der Waals surface area contributed by atoms with Crippen LogP contribution in [0, 0.1) is 5.92 Å². The van der Waals surface area contributed by atoms with E-state index < -0.39 is 0 Å². The molecular formula is C17H25N3O2. The first-order valence-corrected chi connectivity index (χ1v) is 8.15. The Bertz CT molecular complexity index is 498. The summed E-state index contributed by atoms with van der Waals surface area (Å²) < 4.78 is 5.62. The quantitative estimate of drug-likeness (QED) is 0.886. The highest BCUT2D eigenvalue weighted by Crippen LogP contribution is 2.30. The monoisotopic (exact) mass is 303 g/mol. The predicted molar refractivity (Wildman–Crippen MR) is 85.4 cm³/mol. The molecule has 3 unspecified atom stereocenters. The van der Waals surface area contributed by atoms with Gasteiger partial charge in [0.05, 0.1) is 0 Å². The van der Waals surface area contributed by atoms with Crippen LogP contribution >= 0.6 is 0 Å². The van der Waals surface area contributed by atoms with Gasteiger partial charge in [0.2, 0.25) is 0 Å². The van der Waals surface area contributed by atoms with Crippen LogP contribution in [0.5, 0.6) is 5.75 Å². The van der Waals surface area contributed by atoms with Gasteiger partial charge in [0.15, 0.2) is 6.61 Å². The molecule has 1 aromatic carbocycles. The van der Waals surface area contributed by atoms with Crippen molar-refractivity contribution in [2.45, 2.75) is 44.8 Å². The molecule has 0 saturated carbocycles. The minimum absolute atomic E-state index is 0.0950. The number of hydrogen-bond acceptors (Lipinski definition) is 4. The van der Waals surface area contributed by atoms with Crippen LogP contribution in [-0.2, 0) is 4.79 Å². The number of carbonyl (C=O) groups excluding carboxylic acids is 1. The third kappa shape index (κ3) is 3.10. The summed E-state index contributed by atoms with van der Waals surface area (Å²) in [7, 11) is 0. The number of carbonyl (C=O) groups is 1. The molecule has 0 spiro atoms. The minimum atomic E-state index is 0.0950. The SMILES string of the molecule is CC1NNC(C)C1C1CCCN1C(=O)COc1ccccc1. The van der Waals surface area contributed by atoms with Gasteiger partial charge in [-0.2, -0.15) is 0 Å². The standard InChI is InChI=1S/C17H25N3O2/c1-12-17(13(2)19-18-12)15-9-6-10-20(15)16(21)11-22-14-7-4-3-5-8-14/h3-5,7-8,12-13,15,17-19H,6,9-11H2,1-2H3. The van der Waals surface area contributed by atoms with Crippen molar-refractivity contribution in [1.82, 2.24) is 15.8 Å². The summed E-state index contributed by atoms with van der Waals surface area (Å²) in [6.07, 6.45) is 2.16. The third-order valence-corrected chi connectivity index (χ3v) is 4.86. The molecule has 2 N–H and O–H groups in total. The van der Waals surface area contributed by atoms with Crippen molar-refractivity contribution in [2.24, 2.45) is 5.92 Å². The van der Waals surface area contributed by atoms with Gasteiger partial charge < -0.3 is 9.64 Å². The lowest BCUT2D eigenvalue weighted by Crippen LogP contribution is -2.47. The molecule has 120 valence electrons. The lowest BCUT2D eigenvalue weighted by Gasteiger charge is -2.33. The van der Waals surface area contributed by atoms with Crippen LogP contribution in [-0.4, -0.2) is 42.1 Å². The topological polar surface area (TPSA) is 53.6 Å². The Balaban J connectivity index is 1.61. The van der Waals surface area contributed by atoms with Crippen LogP contribution in [0.15, 0.2) is 30.3 Å². The number of rotatable bonds is 4. The maximum atomic E-state index is 12.6. The molecule has 2 fully saturated rings. The van der Waals surface area contributed by atoms with Crippen LogP contribution in [0.2, 0.25) is 0 Å². The zero-order chi connectivity index (χ0) is 15.5. The van der Waals surface area contributed by atoms with Crippen molar-refractivity contribution < 1.29 is 9.53 Å². The van der Waals surface area contributed by atoms with Gasteiger partial charge in [-0.1, -0.05) is 18.2 Å². The third-order valence-electron chi connectivity index (χ3n) is 4.86. The molecule has 5 nitrogen and oxygen atoms in total. The molecule has 0 aromatic heterocycles. The van der Waals surface area contributed by atoms with Gasteiger partial charge in [-0.25, -0.2) is 0 Å². The molecule has 2 aliphatic heterocycles. The number of amides is 1. The molecule has 1 amide bonds. The Hall–Kier alpha value is -1.59. The molecule has 1 aromatic rings. The predicted octanol–water partition coefficient (Wildman–Crippen LogP) is 1.56. The molecule has 0 radical (unpaired) electrons. The molecule has 22 heavy (non-hydrogen) atoms. The Kier molecular flexibility index (Phi) is 4.64. The highest BCUT2D eigenvalue weighted by atomic mass is 16.5. The molecule has 0 bridgehead atoms. The van der Waals surface area contributed by atoms with E-state index in [0.29, 0.717) is 24.0 Å². The number of nitrogens with one attached hydrogen (secondary N) is 2. The molecule has 2 heterocycles. The van der Waals surface area contributed by atoms with E-state index in [9.17, 15) is 4.79 Å². The van der Waals surface area contributed by atoms with Gasteiger partial charge in [-0.3, -0.25) is 15.6 Å². The zero-order valence-corrected chi connectivity index (χ0v) is 13.3. The number of para-hydroxylation sites is 1. The van der Waals surface area contributed by atoms with Gasteiger partial charge in [0, 0.05) is 30.6 Å². The van der Waals surface area contributed by atoms with Crippen molar-refractivity contribution in [1.29, 1.82) is 0 Å². The summed E-state index contributed by atoms with van der Waals surface area (Å²) in [5.41, 5.74) is 6.59. The van der Waals surface area contributed by atoms with Crippen molar-refractivity contribution in [3.63, 3.8) is 0 Å². The fraction of sp³-hybridized carbons (Fsp3) is 0.588. The lowest BCUT2D eigenvalue weighted by atomic mass is 9.87. The Labute approximate surface area is 132 Å². The van der Waals surface area contributed by atoms with Crippen LogP contribution < -0.4 is 15.6 Å². The van der Waals surface area contributed by atoms with Gasteiger partial charge in [0.25, 0.3) is 5.91 Å². The Morgan fingerprint density at radius 2 is 1.91 bits per heavy atom. The number of ether oxygens (including phenoxy) is 1. The second kappa shape index (κ2) is 6.67. The molecular weight excluding hydrogens is 278 g/mol. The first kappa shape index (κ1) is 15.3. The van der Waals surface area contributed by atoms with Gasteiger partial charge >= 0.3 is 0 Å². The van der Waals surface area contributed by atoms with Crippen molar-refractivity contribution in [3.8, 4) is 5.75 Å². The molecule has 5 heteroatoms. The average molecular weight is 303 g/mol. The van der Waals surface area contributed by atoms with Crippen molar-refractivity contribution in [3.05, 3.63) is 30.3 Å². The lowest BCUT2D eigenvalue weighted by molar-refractivity contribution is -0.135. The van der Waals surface area contributed by atoms with Crippen LogP contribution in [0.4, 0.5) is 0 Å². The van der Waals surface area contributed by atoms with Crippen molar-refractivity contribution >= 4 is 5.91 Å².